The molecule has 0 radical (unpaired) electrons. The molecule has 1 heterocycles. The Morgan fingerprint density at radius 3 is 2.56 bits per heavy atom. The van der Waals surface area contributed by atoms with Gasteiger partial charge in [-0.15, -0.1) is 0 Å². The van der Waals surface area contributed by atoms with Crippen LogP contribution in [0.1, 0.15) is 39.2 Å². The lowest BCUT2D eigenvalue weighted by atomic mass is 10.1. The van der Waals surface area contributed by atoms with Crippen LogP contribution in [-0.2, 0) is 20.7 Å². The molecule has 0 saturated carbocycles. The van der Waals surface area contributed by atoms with Gasteiger partial charge in [0, 0.05) is 25.2 Å². The van der Waals surface area contributed by atoms with Crippen molar-refractivity contribution in [2.24, 2.45) is 0 Å². The molecule has 0 unspecified atom stereocenters. The Labute approximate surface area is 107 Å². The van der Waals surface area contributed by atoms with Crippen molar-refractivity contribution in [3.05, 3.63) is 30.1 Å². The number of hydrogen-bond donors (Lipinski definition) is 0. The van der Waals surface area contributed by atoms with Crippen LogP contribution in [0.25, 0.3) is 0 Å². The summed E-state index contributed by atoms with van der Waals surface area (Å²) in [4.78, 5) is 27.0. The quantitative estimate of drug-likeness (QED) is 0.751. The molecule has 0 saturated heterocycles. The predicted molar refractivity (Wildman–Crippen MR) is 68.0 cm³/mol. The summed E-state index contributed by atoms with van der Waals surface area (Å²) in [6.45, 7) is 5.42. The lowest BCUT2D eigenvalue weighted by Gasteiger charge is -2.19. The van der Waals surface area contributed by atoms with Crippen LogP contribution in [0.3, 0.4) is 0 Å². The molecule has 0 amide bonds. The molecule has 0 N–H and O–H groups in total. The number of ether oxygens (including phenoxy) is 1. The Balaban J connectivity index is 2.32. The minimum Gasteiger partial charge on any atom is -0.460 e. The Hall–Kier alpha value is -1.71. The van der Waals surface area contributed by atoms with Gasteiger partial charge in [0.2, 0.25) is 0 Å². The van der Waals surface area contributed by atoms with E-state index in [0.29, 0.717) is 6.42 Å². The number of carbonyl (C=O) groups is 2. The third-order valence-corrected chi connectivity index (χ3v) is 2.15. The monoisotopic (exact) mass is 249 g/mol. The summed E-state index contributed by atoms with van der Waals surface area (Å²) in [5, 5.41) is 0. The highest BCUT2D eigenvalue weighted by atomic mass is 16.6. The van der Waals surface area contributed by atoms with E-state index in [0.717, 1.165) is 5.56 Å². The van der Waals surface area contributed by atoms with E-state index < -0.39 is 5.60 Å². The first-order chi connectivity index (χ1) is 8.37. The molecule has 0 aliphatic heterocycles. The first-order valence-corrected chi connectivity index (χ1v) is 5.99. The summed E-state index contributed by atoms with van der Waals surface area (Å²) < 4.78 is 5.13. The molecule has 1 aromatic rings. The van der Waals surface area contributed by atoms with E-state index in [9.17, 15) is 9.59 Å². The van der Waals surface area contributed by atoms with E-state index in [2.05, 4.69) is 4.98 Å². The summed E-state index contributed by atoms with van der Waals surface area (Å²) >= 11 is 0. The van der Waals surface area contributed by atoms with Crippen molar-refractivity contribution in [2.45, 2.75) is 45.6 Å². The molecule has 4 heteroatoms. The molecule has 0 aromatic carbocycles. The second-order valence-corrected chi connectivity index (χ2v) is 5.16. The first-order valence-electron chi connectivity index (χ1n) is 5.99. The maximum Gasteiger partial charge on any atom is 0.306 e. The number of carbonyl (C=O) groups excluding carboxylic acids is 2. The van der Waals surface area contributed by atoms with Crippen LogP contribution in [0.2, 0.25) is 0 Å². The molecular formula is C14H19NO3. The fourth-order valence-corrected chi connectivity index (χ4v) is 1.45. The summed E-state index contributed by atoms with van der Waals surface area (Å²) in [5.41, 5.74) is 0.371. The van der Waals surface area contributed by atoms with Crippen molar-refractivity contribution in [1.82, 2.24) is 4.98 Å². The van der Waals surface area contributed by atoms with Crippen LogP contribution in [0.5, 0.6) is 0 Å². The van der Waals surface area contributed by atoms with Gasteiger partial charge in [-0.2, -0.15) is 0 Å². The zero-order chi connectivity index (χ0) is 13.6. The summed E-state index contributed by atoms with van der Waals surface area (Å²) in [6, 6.07) is 3.63. The van der Waals surface area contributed by atoms with Gasteiger partial charge < -0.3 is 4.74 Å². The van der Waals surface area contributed by atoms with Crippen molar-refractivity contribution < 1.29 is 14.3 Å². The number of pyridine rings is 1. The van der Waals surface area contributed by atoms with Gasteiger partial charge in [-0.25, -0.2) is 0 Å². The smallest absolute Gasteiger partial charge is 0.306 e. The van der Waals surface area contributed by atoms with E-state index in [4.69, 9.17) is 4.74 Å². The third kappa shape index (κ3) is 6.13. The number of nitrogens with zero attached hydrogens (tertiary/aromatic N) is 1. The van der Waals surface area contributed by atoms with E-state index in [1.807, 2.05) is 26.8 Å². The lowest BCUT2D eigenvalue weighted by molar-refractivity contribution is -0.155. The zero-order valence-electron chi connectivity index (χ0n) is 11.1. The molecule has 98 valence electrons. The summed E-state index contributed by atoms with van der Waals surface area (Å²) in [7, 11) is 0. The zero-order valence-corrected chi connectivity index (χ0v) is 11.1. The number of hydrogen-bond acceptors (Lipinski definition) is 4. The van der Waals surface area contributed by atoms with Gasteiger partial charge in [0.05, 0.1) is 6.42 Å². The average molecular weight is 249 g/mol. The Morgan fingerprint density at radius 2 is 2.00 bits per heavy atom. The second-order valence-electron chi connectivity index (χ2n) is 5.16. The van der Waals surface area contributed by atoms with Crippen molar-refractivity contribution in [1.29, 1.82) is 0 Å². The summed E-state index contributed by atoms with van der Waals surface area (Å²) in [5.74, 6) is -0.309. The van der Waals surface area contributed by atoms with Crippen LogP contribution < -0.4 is 0 Å². The van der Waals surface area contributed by atoms with Gasteiger partial charge in [0.25, 0.3) is 0 Å². The number of Topliss-reactive ketones (excluding diaryl/α,β-unsaturated/α-hetero) is 1. The molecule has 0 aliphatic rings. The Morgan fingerprint density at radius 1 is 1.28 bits per heavy atom. The SMILES string of the molecule is CC(C)(C)OC(=O)CCC(=O)Cc1cccnc1. The van der Waals surface area contributed by atoms with Gasteiger partial charge >= 0.3 is 5.97 Å². The minimum absolute atomic E-state index is 0.0221. The Kier molecular flexibility index (Phi) is 5.01. The Bertz CT molecular complexity index is 407. The van der Waals surface area contributed by atoms with Crippen molar-refractivity contribution in [3.63, 3.8) is 0 Å². The highest BCUT2D eigenvalue weighted by Crippen LogP contribution is 2.10. The third-order valence-electron chi connectivity index (χ3n) is 2.15. The minimum atomic E-state index is -0.497. The number of ketones is 1. The van der Waals surface area contributed by atoms with Crippen molar-refractivity contribution in [2.75, 3.05) is 0 Å². The number of rotatable bonds is 5. The molecule has 0 spiro atoms. The molecule has 1 aromatic heterocycles. The molecule has 0 aliphatic carbocycles. The number of aromatic nitrogens is 1. The topological polar surface area (TPSA) is 56.3 Å². The summed E-state index contributed by atoms with van der Waals surface area (Å²) in [6.07, 6.45) is 3.98. The molecular weight excluding hydrogens is 230 g/mol. The highest BCUT2D eigenvalue weighted by molar-refractivity contribution is 5.84. The average Bonchev–Trinajstić information content (AvgIpc) is 2.25. The van der Waals surface area contributed by atoms with Gasteiger partial charge in [-0.1, -0.05) is 6.07 Å². The van der Waals surface area contributed by atoms with E-state index in [-0.39, 0.29) is 24.6 Å². The standard InChI is InChI=1S/C14H19NO3/c1-14(2,3)18-13(17)7-6-12(16)9-11-5-4-8-15-10-11/h4-5,8,10H,6-7,9H2,1-3H3. The maximum atomic E-state index is 11.6. The fourth-order valence-electron chi connectivity index (χ4n) is 1.45. The highest BCUT2D eigenvalue weighted by Gasteiger charge is 2.17. The molecule has 4 nitrogen and oxygen atoms in total. The molecule has 0 fully saturated rings. The largest absolute Gasteiger partial charge is 0.460 e. The predicted octanol–water partition coefficient (Wildman–Crippen LogP) is 2.32. The molecule has 1 rings (SSSR count). The fraction of sp³-hybridized carbons (Fsp3) is 0.500. The normalized spacial score (nSPS) is 11.1. The molecule has 0 atom stereocenters. The van der Waals surface area contributed by atoms with Gasteiger partial charge in [-0.05, 0) is 32.4 Å². The molecule has 0 bridgehead atoms. The maximum absolute atomic E-state index is 11.6. The van der Waals surface area contributed by atoms with Crippen molar-refractivity contribution in [3.8, 4) is 0 Å². The lowest BCUT2D eigenvalue weighted by Crippen LogP contribution is -2.24. The van der Waals surface area contributed by atoms with Gasteiger partial charge in [-0.3, -0.25) is 14.6 Å². The van der Waals surface area contributed by atoms with E-state index in [1.54, 1.807) is 18.5 Å². The van der Waals surface area contributed by atoms with Crippen LogP contribution in [-0.4, -0.2) is 22.3 Å². The van der Waals surface area contributed by atoms with Crippen molar-refractivity contribution >= 4 is 11.8 Å². The van der Waals surface area contributed by atoms with E-state index >= 15 is 0 Å². The second kappa shape index (κ2) is 6.28. The van der Waals surface area contributed by atoms with Crippen LogP contribution in [0, 0.1) is 0 Å². The van der Waals surface area contributed by atoms with E-state index in [1.165, 1.54) is 0 Å². The van der Waals surface area contributed by atoms with Gasteiger partial charge in [0.1, 0.15) is 11.4 Å². The first kappa shape index (κ1) is 14.4. The van der Waals surface area contributed by atoms with Crippen LogP contribution in [0.4, 0.5) is 0 Å². The number of esters is 1. The molecule has 18 heavy (non-hydrogen) atoms. The van der Waals surface area contributed by atoms with Gasteiger partial charge in [0.15, 0.2) is 0 Å². The van der Waals surface area contributed by atoms with Crippen LogP contribution in [0.15, 0.2) is 24.5 Å². The van der Waals surface area contributed by atoms with Crippen LogP contribution >= 0.6 is 0 Å².